The highest BCUT2D eigenvalue weighted by Gasteiger charge is 2.22. The number of carbonyl (C=O) groups excluding carboxylic acids is 2. The van der Waals surface area contributed by atoms with Crippen molar-refractivity contribution < 1.29 is 18.4 Å². The number of anilines is 1. The average molecular weight is 285 g/mol. The molecule has 110 valence electrons. The molecule has 7 heteroatoms. The molecule has 0 saturated carbocycles. The van der Waals surface area contributed by atoms with Crippen molar-refractivity contribution in [1.29, 1.82) is 0 Å². The highest BCUT2D eigenvalue weighted by molar-refractivity contribution is 5.95. The largest absolute Gasteiger partial charge is 0.396 e. The van der Waals surface area contributed by atoms with E-state index in [1.807, 2.05) is 0 Å². The van der Waals surface area contributed by atoms with Crippen LogP contribution < -0.4 is 11.1 Å². The number of benzene rings is 1. The van der Waals surface area contributed by atoms with Crippen LogP contribution in [0.5, 0.6) is 0 Å². The van der Waals surface area contributed by atoms with E-state index in [0.717, 1.165) is 17.0 Å². The van der Waals surface area contributed by atoms with Gasteiger partial charge in [0.05, 0.1) is 17.2 Å². The van der Waals surface area contributed by atoms with E-state index < -0.39 is 34.7 Å². The van der Waals surface area contributed by atoms with E-state index in [1.54, 1.807) is 6.92 Å². The van der Waals surface area contributed by atoms with Gasteiger partial charge < -0.3 is 16.0 Å². The maximum absolute atomic E-state index is 13.7. The Morgan fingerprint density at radius 2 is 2.00 bits per heavy atom. The Morgan fingerprint density at radius 1 is 1.40 bits per heavy atom. The Balaban J connectivity index is 2.93. The highest BCUT2D eigenvalue weighted by Crippen LogP contribution is 2.19. The van der Waals surface area contributed by atoms with Crippen molar-refractivity contribution in [1.82, 2.24) is 10.2 Å². The number of hydrogen-bond donors (Lipinski definition) is 2. The summed E-state index contributed by atoms with van der Waals surface area (Å²) in [7, 11) is 2.88. The molecule has 0 aliphatic heterocycles. The van der Waals surface area contributed by atoms with Crippen molar-refractivity contribution in [2.45, 2.75) is 6.92 Å². The second kappa shape index (κ2) is 6.31. The van der Waals surface area contributed by atoms with Crippen molar-refractivity contribution >= 4 is 17.5 Å². The van der Waals surface area contributed by atoms with Gasteiger partial charge in [0.2, 0.25) is 5.91 Å². The summed E-state index contributed by atoms with van der Waals surface area (Å²) in [4.78, 5) is 24.6. The van der Waals surface area contributed by atoms with Crippen LogP contribution in [0.2, 0.25) is 0 Å². The molecule has 1 unspecified atom stereocenters. The van der Waals surface area contributed by atoms with Crippen LogP contribution in [0.25, 0.3) is 0 Å². The second-order valence-electron chi connectivity index (χ2n) is 4.56. The number of nitrogens with zero attached hydrogens (tertiary/aromatic N) is 1. The van der Waals surface area contributed by atoms with Crippen LogP contribution in [-0.2, 0) is 4.79 Å². The number of nitrogens with one attached hydrogen (secondary N) is 1. The Kier molecular flexibility index (Phi) is 5.01. The van der Waals surface area contributed by atoms with Crippen LogP contribution in [0, 0.1) is 17.6 Å². The molecule has 0 aromatic heterocycles. The summed E-state index contributed by atoms with van der Waals surface area (Å²) < 4.78 is 26.9. The van der Waals surface area contributed by atoms with Gasteiger partial charge in [-0.3, -0.25) is 9.59 Å². The van der Waals surface area contributed by atoms with Gasteiger partial charge in [-0.15, -0.1) is 0 Å². The fourth-order valence-corrected chi connectivity index (χ4v) is 1.79. The molecular formula is C13H17F2N3O2. The molecule has 0 aliphatic carbocycles. The Morgan fingerprint density at radius 3 is 2.55 bits per heavy atom. The van der Waals surface area contributed by atoms with E-state index in [9.17, 15) is 18.4 Å². The van der Waals surface area contributed by atoms with Gasteiger partial charge in [-0.2, -0.15) is 0 Å². The van der Waals surface area contributed by atoms with Gasteiger partial charge in [-0.05, 0) is 12.1 Å². The first-order valence-electron chi connectivity index (χ1n) is 5.99. The molecule has 3 N–H and O–H groups in total. The Bertz CT molecular complexity index is 535. The lowest BCUT2D eigenvalue weighted by Crippen LogP contribution is -2.37. The summed E-state index contributed by atoms with van der Waals surface area (Å²) in [6.45, 7) is 1.70. The quantitative estimate of drug-likeness (QED) is 0.810. The van der Waals surface area contributed by atoms with Crippen LogP contribution in [0.3, 0.4) is 0 Å². The van der Waals surface area contributed by atoms with Crippen LogP contribution in [0.1, 0.15) is 17.3 Å². The highest BCUT2D eigenvalue weighted by atomic mass is 19.1. The van der Waals surface area contributed by atoms with Gasteiger partial charge in [-0.1, -0.05) is 6.92 Å². The molecule has 0 heterocycles. The summed E-state index contributed by atoms with van der Waals surface area (Å²) in [5.41, 5.74) is 4.40. The SMILES string of the molecule is CNC(=O)C(C)CN(C)C(=O)c1cc(F)cc(N)c1F. The maximum Gasteiger partial charge on any atom is 0.256 e. The van der Waals surface area contributed by atoms with Gasteiger partial charge in [0.25, 0.3) is 5.91 Å². The predicted octanol–water partition coefficient (Wildman–Crippen LogP) is 1.00. The number of hydrogen-bond acceptors (Lipinski definition) is 3. The Labute approximate surface area is 115 Å². The van der Waals surface area contributed by atoms with E-state index in [0.29, 0.717) is 0 Å². The fraction of sp³-hybridized carbons (Fsp3) is 0.385. The fourth-order valence-electron chi connectivity index (χ4n) is 1.79. The molecule has 0 bridgehead atoms. The first-order chi connectivity index (χ1) is 9.27. The molecule has 0 aliphatic rings. The minimum absolute atomic E-state index is 0.0777. The zero-order chi connectivity index (χ0) is 15.4. The summed E-state index contributed by atoms with van der Waals surface area (Å²) in [6, 6.07) is 1.59. The van der Waals surface area contributed by atoms with Gasteiger partial charge >= 0.3 is 0 Å². The molecule has 2 amide bonds. The first-order valence-corrected chi connectivity index (χ1v) is 5.99. The van der Waals surface area contributed by atoms with Crippen LogP contribution >= 0.6 is 0 Å². The zero-order valence-electron chi connectivity index (χ0n) is 11.5. The summed E-state index contributed by atoms with van der Waals surface area (Å²) in [5, 5.41) is 2.45. The first kappa shape index (κ1) is 15.9. The topological polar surface area (TPSA) is 75.4 Å². The molecule has 0 saturated heterocycles. The van der Waals surface area contributed by atoms with Gasteiger partial charge in [0.15, 0.2) is 5.82 Å². The number of rotatable bonds is 4. The molecule has 1 aromatic rings. The van der Waals surface area contributed by atoms with Gasteiger partial charge in [0.1, 0.15) is 5.82 Å². The minimum atomic E-state index is -0.962. The number of carbonyl (C=O) groups is 2. The third-order valence-corrected chi connectivity index (χ3v) is 2.88. The van der Waals surface area contributed by atoms with Crippen molar-refractivity contribution in [2.24, 2.45) is 5.92 Å². The van der Waals surface area contributed by atoms with Crippen molar-refractivity contribution in [3.8, 4) is 0 Å². The average Bonchev–Trinajstić information content (AvgIpc) is 2.40. The number of amides is 2. The third kappa shape index (κ3) is 3.43. The molecule has 5 nitrogen and oxygen atoms in total. The summed E-state index contributed by atoms with van der Waals surface area (Å²) in [5.74, 6) is -3.20. The second-order valence-corrected chi connectivity index (χ2v) is 4.56. The summed E-state index contributed by atoms with van der Waals surface area (Å²) >= 11 is 0. The van der Waals surface area contributed by atoms with E-state index >= 15 is 0 Å². The van der Waals surface area contributed by atoms with Crippen molar-refractivity contribution in [3.05, 3.63) is 29.3 Å². The lowest BCUT2D eigenvalue weighted by molar-refractivity contribution is -0.124. The normalized spacial score (nSPS) is 11.8. The van der Waals surface area contributed by atoms with E-state index in [1.165, 1.54) is 14.1 Å². The van der Waals surface area contributed by atoms with E-state index in [-0.39, 0.29) is 12.5 Å². The Hall–Kier alpha value is -2.18. The monoisotopic (exact) mass is 285 g/mol. The van der Waals surface area contributed by atoms with Crippen molar-refractivity contribution in [2.75, 3.05) is 26.4 Å². The lowest BCUT2D eigenvalue weighted by Gasteiger charge is -2.21. The molecule has 20 heavy (non-hydrogen) atoms. The molecule has 1 atom stereocenters. The van der Waals surface area contributed by atoms with E-state index in [4.69, 9.17) is 5.73 Å². The van der Waals surface area contributed by atoms with Crippen LogP contribution in [0.15, 0.2) is 12.1 Å². The van der Waals surface area contributed by atoms with E-state index in [2.05, 4.69) is 5.32 Å². The molecule has 0 radical (unpaired) electrons. The van der Waals surface area contributed by atoms with Crippen LogP contribution in [0.4, 0.5) is 14.5 Å². The lowest BCUT2D eigenvalue weighted by atomic mass is 10.1. The molecule has 0 fully saturated rings. The zero-order valence-corrected chi connectivity index (χ0v) is 11.5. The third-order valence-electron chi connectivity index (χ3n) is 2.88. The van der Waals surface area contributed by atoms with Crippen molar-refractivity contribution in [3.63, 3.8) is 0 Å². The number of halogens is 2. The molecule has 0 spiro atoms. The molecule has 1 aromatic carbocycles. The smallest absolute Gasteiger partial charge is 0.256 e. The maximum atomic E-state index is 13.7. The predicted molar refractivity (Wildman–Crippen MR) is 71.0 cm³/mol. The minimum Gasteiger partial charge on any atom is -0.396 e. The molecular weight excluding hydrogens is 268 g/mol. The number of nitrogens with two attached hydrogens (primary N) is 1. The van der Waals surface area contributed by atoms with Crippen LogP contribution in [-0.4, -0.2) is 37.4 Å². The summed E-state index contributed by atoms with van der Waals surface area (Å²) in [6.07, 6.45) is 0. The number of nitrogen functional groups attached to an aromatic ring is 1. The van der Waals surface area contributed by atoms with Gasteiger partial charge in [-0.25, -0.2) is 8.78 Å². The molecule has 1 rings (SSSR count). The van der Waals surface area contributed by atoms with Gasteiger partial charge in [0, 0.05) is 20.6 Å². The standard InChI is InChI=1S/C13H17F2N3O2/c1-7(12(19)17-2)6-18(3)13(20)9-4-8(14)5-10(16)11(9)15/h4-5,7H,6,16H2,1-3H3,(H,17,19).